The third kappa shape index (κ3) is 4.37. The third-order valence-corrected chi connectivity index (χ3v) is 4.99. The molecule has 6 heteroatoms. The average Bonchev–Trinajstić information content (AvgIpc) is 3.02. The SMILES string of the molecule is NC(C(=O)Nc1ncc(Cc2ccccc2)s1)C1CCOCC1. The van der Waals surface area contributed by atoms with Crippen LogP contribution in [-0.4, -0.2) is 30.1 Å². The van der Waals surface area contributed by atoms with Gasteiger partial charge in [-0.15, -0.1) is 11.3 Å². The fourth-order valence-electron chi connectivity index (χ4n) is 2.72. The Kier molecular flexibility index (Phi) is 5.38. The molecule has 1 fully saturated rings. The van der Waals surface area contributed by atoms with Gasteiger partial charge in [0.05, 0.1) is 6.04 Å². The van der Waals surface area contributed by atoms with Crippen LogP contribution in [-0.2, 0) is 16.0 Å². The molecular formula is C17H21N3O2S. The topological polar surface area (TPSA) is 77.2 Å². The molecule has 1 amide bonds. The van der Waals surface area contributed by atoms with Crippen LogP contribution in [0.1, 0.15) is 23.3 Å². The van der Waals surface area contributed by atoms with Crippen molar-refractivity contribution in [2.45, 2.75) is 25.3 Å². The van der Waals surface area contributed by atoms with Crippen molar-refractivity contribution in [2.24, 2.45) is 11.7 Å². The number of aromatic nitrogens is 1. The van der Waals surface area contributed by atoms with E-state index >= 15 is 0 Å². The second kappa shape index (κ2) is 7.68. The van der Waals surface area contributed by atoms with Crippen LogP contribution in [0.4, 0.5) is 5.13 Å². The predicted molar refractivity (Wildman–Crippen MR) is 91.5 cm³/mol. The number of anilines is 1. The third-order valence-electron chi connectivity index (χ3n) is 4.08. The quantitative estimate of drug-likeness (QED) is 0.882. The molecule has 1 unspecified atom stereocenters. The summed E-state index contributed by atoms with van der Waals surface area (Å²) in [4.78, 5) is 17.7. The van der Waals surface area contributed by atoms with E-state index in [1.54, 1.807) is 0 Å². The summed E-state index contributed by atoms with van der Waals surface area (Å²) in [5.74, 6) is 0.0324. The molecule has 122 valence electrons. The molecule has 23 heavy (non-hydrogen) atoms. The zero-order valence-corrected chi connectivity index (χ0v) is 13.7. The normalized spacial score (nSPS) is 16.9. The molecule has 0 spiro atoms. The number of benzene rings is 1. The summed E-state index contributed by atoms with van der Waals surface area (Å²) in [6.07, 6.45) is 4.31. The van der Waals surface area contributed by atoms with Gasteiger partial charge in [-0.2, -0.15) is 0 Å². The second-order valence-electron chi connectivity index (χ2n) is 5.76. The Morgan fingerprint density at radius 3 is 2.83 bits per heavy atom. The standard InChI is InChI=1S/C17H21N3O2S/c18-15(13-6-8-22-9-7-13)16(21)20-17-19-11-14(23-17)10-12-4-2-1-3-5-12/h1-5,11,13,15H,6-10,18H2,(H,19,20,21). The van der Waals surface area contributed by atoms with Crippen molar-refractivity contribution in [2.75, 3.05) is 18.5 Å². The fourth-order valence-corrected chi connectivity index (χ4v) is 3.57. The van der Waals surface area contributed by atoms with Crippen molar-refractivity contribution in [3.63, 3.8) is 0 Å². The molecule has 1 aromatic heterocycles. The maximum absolute atomic E-state index is 12.3. The van der Waals surface area contributed by atoms with Crippen LogP contribution < -0.4 is 11.1 Å². The van der Waals surface area contributed by atoms with E-state index in [0.717, 1.165) is 24.1 Å². The average molecular weight is 331 g/mol. The van der Waals surface area contributed by atoms with E-state index in [1.807, 2.05) is 24.4 Å². The van der Waals surface area contributed by atoms with Crippen molar-refractivity contribution < 1.29 is 9.53 Å². The second-order valence-corrected chi connectivity index (χ2v) is 6.87. The molecule has 3 N–H and O–H groups in total. The fraction of sp³-hybridized carbons (Fsp3) is 0.412. The minimum absolute atomic E-state index is 0.155. The molecule has 0 aliphatic carbocycles. The first-order valence-corrected chi connectivity index (χ1v) is 8.67. The minimum atomic E-state index is -0.500. The van der Waals surface area contributed by atoms with E-state index < -0.39 is 6.04 Å². The minimum Gasteiger partial charge on any atom is -0.381 e. The molecule has 0 bridgehead atoms. The molecule has 0 radical (unpaired) electrons. The summed E-state index contributed by atoms with van der Waals surface area (Å²) >= 11 is 1.50. The highest BCUT2D eigenvalue weighted by Crippen LogP contribution is 2.23. The van der Waals surface area contributed by atoms with Crippen LogP contribution in [0.25, 0.3) is 0 Å². The van der Waals surface area contributed by atoms with Crippen molar-refractivity contribution >= 4 is 22.4 Å². The van der Waals surface area contributed by atoms with Gasteiger partial charge in [-0.1, -0.05) is 30.3 Å². The van der Waals surface area contributed by atoms with E-state index in [9.17, 15) is 4.79 Å². The number of hydrogen-bond donors (Lipinski definition) is 2. The zero-order valence-electron chi connectivity index (χ0n) is 12.9. The highest BCUT2D eigenvalue weighted by atomic mass is 32.1. The Balaban J connectivity index is 1.56. The molecule has 3 rings (SSSR count). The zero-order chi connectivity index (χ0) is 16.1. The highest BCUT2D eigenvalue weighted by molar-refractivity contribution is 7.15. The molecule has 5 nitrogen and oxygen atoms in total. The van der Waals surface area contributed by atoms with E-state index in [2.05, 4.69) is 22.4 Å². The van der Waals surface area contributed by atoms with Crippen LogP contribution in [0.5, 0.6) is 0 Å². The summed E-state index contributed by atoms with van der Waals surface area (Å²) in [6.45, 7) is 1.37. The van der Waals surface area contributed by atoms with E-state index in [1.165, 1.54) is 16.9 Å². The maximum atomic E-state index is 12.3. The monoisotopic (exact) mass is 331 g/mol. The lowest BCUT2D eigenvalue weighted by atomic mass is 9.92. The number of amides is 1. The molecule has 0 saturated carbocycles. The Bertz CT molecular complexity index is 638. The first-order valence-electron chi connectivity index (χ1n) is 7.85. The van der Waals surface area contributed by atoms with Crippen molar-refractivity contribution in [1.82, 2.24) is 4.98 Å². The molecule has 2 aromatic rings. The lowest BCUT2D eigenvalue weighted by Crippen LogP contribution is -2.43. The Labute approximate surface area is 139 Å². The van der Waals surface area contributed by atoms with Gasteiger partial charge in [0.1, 0.15) is 0 Å². The Morgan fingerprint density at radius 2 is 2.09 bits per heavy atom. The number of nitrogens with zero attached hydrogens (tertiary/aromatic N) is 1. The van der Waals surface area contributed by atoms with Crippen LogP contribution in [0, 0.1) is 5.92 Å². The molecule has 1 saturated heterocycles. The molecule has 1 aliphatic rings. The van der Waals surface area contributed by atoms with Crippen LogP contribution >= 0.6 is 11.3 Å². The number of ether oxygens (including phenoxy) is 1. The van der Waals surface area contributed by atoms with Crippen molar-refractivity contribution in [3.05, 3.63) is 47.0 Å². The number of rotatable bonds is 5. The number of hydrogen-bond acceptors (Lipinski definition) is 5. The van der Waals surface area contributed by atoms with Crippen LogP contribution in [0.3, 0.4) is 0 Å². The number of nitrogens with two attached hydrogens (primary N) is 1. The van der Waals surface area contributed by atoms with Gasteiger partial charge in [-0.3, -0.25) is 4.79 Å². The van der Waals surface area contributed by atoms with E-state index in [-0.39, 0.29) is 11.8 Å². The Morgan fingerprint density at radius 1 is 1.35 bits per heavy atom. The number of carbonyl (C=O) groups excluding carboxylic acids is 1. The summed E-state index contributed by atoms with van der Waals surface area (Å²) in [5, 5.41) is 3.46. The molecule has 2 heterocycles. The summed E-state index contributed by atoms with van der Waals surface area (Å²) < 4.78 is 5.31. The lowest BCUT2D eigenvalue weighted by Gasteiger charge is -2.26. The largest absolute Gasteiger partial charge is 0.381 e. The van der Waals surface area contributed by atoms with Gasteiger partial charge >= 0.3 is 0 Å². The van der Waals surface area contributed by atoms with Crippen LogP contribution in [0.2, 0.25) is 0 Å². The van der Waals surface area contributed by atoms with Gasteiger partial charge < -0.3 is 15.8 Å². The first kappa shape index (κ1) is 16.1. The molecule has 1 aromatic carbocycles. The van der Waals surface area contributed by atoms with Gasteiger partial charge in [-0.05, 0) is 24.3 Å². The highest BCUT2D eigenvalue weighted by Gasteiger charge is 2.27. The smallest absolute Gasteiger partial charge is 0.243 e. The number of thiazole rings is 1. The summed E-state index contributed by atoms with van der Waals surface area (Å²) in [6, 6.07) is 9.70. The van der Waals surface area contributed by atoms with Crippen molar-refractivity contribution in [3.8, 4) is 0 Å². The van der Waals surface area contributed by atoms with Gasteiger partial charge in [-0.25, -0.2) is 4.98 Å². The van der Waals surface area contributed by atoms with Gasteiger partial charge in [0, 0.05) is 30.7 Å². The van der Waals surface area contributed by atoms with Crippen molar-refractivity contribution in [1.29, 1.82) is 0 Å². The number of nitrogens with one attached hydrogen (secondary N) is 1. The first-order chi connectivity index (χ1) is 11.2. The molecule has 1 atom stereocenters. The number of carbonyl (C=O) groups is 1. The predicted octanol–water partition coefficient (Wildman–Crippen LogP) is 2.43. The Hall–Kier alpha value is -1.76. The molecular weight excluding hydrogens is 310 g/mol. The summed E-state index contributed by atoms with van der Waals surface area (Å²) in [7, 11) is 0. The van der Waals surface area contributed by atoms with E-state index in [4.69, 9.17) is 10.5 Å². The summed E-state index contributed by atoms with van der Waals surface area (Å²) in [5.41, 5.74) is 7.31. The van der Waals surface area contributed by atoms with Gasteiger partial charge in [0.2, 0.25) is 5.91 Å². The lowest BCUT2D eigenvalue weighted by molar-refractivity contribution is -0.119. The van der Waals surface area contributed by atoms with Gasteiger partial charge in [0.15, 0.2) is 5.13 Å². The molecule has 1 aliphatic heterocycles. The van der Waals surface area contributed by atoms with Crippen LogP contribution in [0.15, 0.2) is 36.5 Å². The van der Waals surface area contributed by atoms with E-state index in [0.29, 0.717) is 18.3 Å². The van der Waals surface area contributed by atoms with Gasteiger partial charge in [0.25, 0.3) is 0 Å². The maximum Gasteiger partial charge on any atom is 0.243 e.